The zero-order valence-corrected chi connectivity index (χ0v) is 22.3. The maximum Gasteiger partial charge on any atom is 0.304 e. The van der Waals surface area contributed by atoms with Gasteiger partial charge in [0.2, 0.25) is 11.8 Å². The molecule has 1 saturated carbocycles. The zero-order chi connectivity index (χ0) is 26.7. The van der Waals surface area contributed by atoms with Gasteiger partial charge in [0.15, 0.2) is 0 Å². The summed E-state index contributed by atoms with van der Waals surface area (Å²) in [6.45, 7) is 2.39. The van der Waals surface area contributed by atoms with Crippen LogP contribution in [0.5, 0.6) is 0 Å². The smallest absolute Gasteiger partial charge is 0.304 e. The van der Waals surface area contributed by atoms with Crippen LogP contribution in [0.3, 0.4) is 0 Å². The van der Waals surface area contributed by atoms with Gasteiger partial charge in [0, 0.05) is 21.9 Å². The van der Waals surface area contributed by atoms with Gasteiger partial charge in [-0.15, -0.1) is 0 Å². The van der Waals surface area contributed by atoms with Gasteiger partial charge < -0.3 is 20.5 Å². The van der Waals surface area contributed by atoms with E-state index in [0.29, 0.717) is 35.7 Å². The quantitative estimate of drug-likeness (QED) is 0.402. The summed E-state index contributed by atoms with van der Waals surface area (Å²) in [4.78, 5) is 39.3. The van der Waals surface area contributed by atoms with Gasteiger partial charge in [-0.3, -0.25) is 14.4 Å². The van der Waals surface area contributed by atoms with Gasteiger partial charge in [0.1, 0.15) is 0 Å². The van der Waals surface area contributed by atoms with E-state index in [1.54, 1.807) is 23.1 Å². The van der Waals surface area contributed by atoms with Crippen LogP contribution in [0.15, 0.2) is 48.5 Å². The number of amides is 2. The van der Waals surface area contributed by atoms with Crippen molar-refractivity contribution in [3.8, 4) is 0 Å². The molecule has 4 rings (SSSR count). The SMILES string of the molecule is CCC(COCC1(C(N)=O)CC1)N1C(=O)C(CC(=O)O)C[C@H](c2cccc(Cl)c2)C1c1ccc(Cl)cc1. The molecule has 0 bridgehead atoms. The second-order valence-electron chi connectivity index (χ2n) is 10.2. The summed E-state index contributed by atoms with van der Waals surface area (Å²) >= 11 is 12.5. The lowest BCUT2D eigenvalue weighted by Gasteiger charge is -2.48. The summed E-state index contributed by atoms with van der Waals surface area (Å²) in [6, 6.07) is 14.2. The predicted molar refractivity (Wildman–Crippen MR) is 141 cm³/mol. The van der Waals surface area contributed by atoms with Crippen molar-refractivity contribution < 1.29 is 24.2 Å². The molecule has 37 heavy (non-hydrogen) atoms. The number of carbonyl (C=O) groups excluding carboxylic acids is 2. The van der Waals surface area contributed by atoms with Crippen molar-refractivity contribution in [1.29, 1.82) is 0 Å². The summed E-state index contributed by atoms with van der Waals surface area (Å²) in [6.07, 6.45) is 2.10. The number of halogens is 2. The molecule has 2 aromatic carbocycles. The van der Waals surface area contributed by atoms with E-state index in [0.717, 1.165) is 11.1 Å². The molecule has 2 amide bonds. The van der Waals surface area contributed by atoms with E-state index in [-0.39, 0.29) is 49.5 Å². The first-order valence-electron chi connectivity index (χ1n) is 12.6. The number of hydrogen-bond donors (Lipinski definition) is 2. The molecule has 7 nitrogen and oxygen atoms in total. The molecule has 1 aliphatic carbocycles. The fourth-order valence-corrected chi connectivity index (χ4v) is 5.70. The molecule has 4 atom stereocenters. The lowest BCUT2D eigenvalue weighted by atomic mass is 9.74. The Balaban J connectivity index is 1.73. The van der Waals surface area contributed by atoms with Crippen LogP contribution in [0.4, 0.5) is 0 Å². The van der Waals surface area contributed by atoms with Gasteiger partial charge in [-0.05, 0) is 61.1 Å². The van der Waals surface area contributed by atoms with Crippen LogP contribution in [0.2, 0.25) is 10.0 Å². The highest BCUT2D eigenvalue weighted by atomic mass is 35.5. The van der Waals surface area contributed by atoms with Crippen LogP contribution in [0, 0.1) is 11.3 Å². The normalized spacial score (nSPS) is 23.5. The van der Waals surface area contributed by atoms with E-state index in [2.05, 4.69) is 0 Å². The number of benzene rings is 2. The van der Waals surface area contributed by atoms with E-state index >= 15 is 0 Å². The Kier molecular flexibility index (Phi) is 8.46. The van der Waals surface area contributed by atoms with Crippen LogP contribution in [0.25, 0.3) is 0 Å². The van der Waals surface area contributed by atoms with Crippen molar-refractivity contribution in [2.45, 2.75) is 57.0 Å². The second kappa shape index (κ2) is 11.4. The topological polar surface area (TPSA) is 110 Å². The Hall–Kier alpha value is -2.61. The molecule has 198 valence electrons. The highest BCUT2D eigenvalue weighted by Gasteiger charge is 2.50. The van der Waals surface area contributed by atoms with Gasteiger partial charge in [-0.2, -0.15) is 0 Å². The molecule has 0 spiro atoms. The molecule has 3 N–H and O–H groups in total. The van der Waals surface area contributed by atoms with Crippen molar-refractivity contribution in [3.63, 3.8) is 0 Å². The molecule has 2 aromatic rings. The number of hydrogen-bond acceptors (Lipinski definition) is 4. The number of nitrogens with two attached hydrogens (primary N) is 1. The highest BCUT2D eigenvalue weighted by molar-refractivity contribution is 6.30. The average Bonchev–Trinajstić information content (AvgIpc) is 3.65. The molecular weight excluding hydrogens is 515 g/mol. The Labute approximate surface area is 226 Å². The van der Waals surface area contributed by atoms with Crippen LogP contribution >= 0.6 is 23.2 Å². The standard InChI is InChI=1S/C28H32Cl2N2O5/c1-2-22(15-37-16-28(10-11-28)27(31)36)32-25(17-6-8-20(29)9-7-17)23(18-4-3-5-21(30)12-18)13-19(26(32)35)14-24(33)34/h3-9,12,19,22-23,25H,2,10-11,13-16H2,1H3,(H2,31,36)(H,33,34)/t19?,22?,23-,25?/m1/s1. The average molecular weight is 547 g/mol. The summed E-state index contributed by atoms with van der Waals surface area (Å²) in [5, 5.41) is 10.7. The first-order valence-corrected chi connectivity index (χ1v) is 13.3. The number of rotatable bonds is 11. The Bertz CT molecular complexity index is 1150. The third-order valence-electron chi connectivity index (χ3n) is 7.66. The van der Waals surface area contributed by atoms with Crippen LogP contribution < -0.4 is 5.73 Å². The predicted octanol–water partition coefficient (Wildman–Crippen LogP) is 5.20. The van der Waals surface area contributed by atoms with E-state index in [9.17, 15) is 19.5 Å². The number of carboxylic acid groups (broad SMARTS) is 1. The summed E-state index contributed by atoms with van der Waals surface area (Å²) < 4.78 is 6.00. The van der Waals surface area contributed by atoms with Crippen molar-refractivity contribution in [1.82, 2.24) is 4.90 Å². The van der Waals surface area contributed by atoms with Crippen molar-refractivity contribution in [2.24, 2.45) is 17.1 Å². The van der Waals surface area contributed by atoms with Crippen LogP contribution in [0.1, 0.15) is 62.1 Å². The molecule has 2 fully saturated rings. The molecule has 1 saturated heterocycles. The van der Waals surface area contributed by atoms with Crippen LogP contribution in [-0.2, 0) is 19.1 Å². The molecular formula is C28H32Cl2N2O5. The van der Waals surface area contributed by atoms with Gasteiger partial charge in [-0.1, -0.05) is 54.4 Å². The number of primary amides is 1. The van der Waals surface area contributed by atoms with Gasteiger partial charge in [-0.25, -0.2) is 0 Å². The minimum Gasteiger partial charge on any atom is -0.481 e. The number of ether oxygens (including phenoxy) is 1. The Morgan fingerprint density at radius 2 is 1.84 bits per heavy atom. The molecule has 0 radical (unpaired) electrons. The number of nitrogens with zero attached hydrogens (tertiary/aromatic N) is 1. The molecule has 0 aromatic heterocycles. The Morgan fingerprint density at radius 3 is 2.41 bits per heavy atom. The van der Waals surface area contributed by atoms with Crippen molar-refractivity contribution in [2.75, 3.05) is 13.2 Å². The molecule has 1 heterocycles. The first kappa shape index (κ1) is 27.4. The first-order chi connectivity index (χ1) is 17.6. The Morgan fingerprint density at radius 1 is 1.14 bits per heavy atom. The minimum atomic E-state index is -1.02. The van der Waals surface area contributed by atoms with E-state index in [1.165, 1.54) is 0 Å². The number of carbonyl (C=O) groups is 3. The maximum absolute atomic E-state index is 13.9. The molecule has 2 aliphatic rings. The molecule has 3 unspecified atom stereocenters. The molecule has 9 heteroatoms. The minimum absolute atomic E-state index is 0.198. The third kappa shape index (κ3) is 6.11. The highest BCUT2D eigenvalue weighted by Crippen LogP contribution is 2.48. The van der Waals surface area contributed by atoms with Crippen molar-refractivity contribution in [3.05, 3.63) is 69.7 Å². The van der Waals surface area contributed by atoms with Gasteiger partial charge in [0.05, 0.1) is 37.1 Å². The number of aliphatic carboxylic acids is 1. The zero-order valence-electron chi connectivity index (χ0n) is 20.7. The monoisotopic (exact) mass is 546 g/mol. The largest absolute Gasteiger partial charge is 0.481 e. The van der Waals surface area contributed by atoms with Gasteiger partial charge in [0.25, 0.3) is 0 Å². The van der Waals surface area contributed by atoms with E-state index in [4.69, 9.17) is 33.7 Å². The fraction of sp³-hybridized carbons (Fsp3) is 0.464. The van der Waals surface area contributed by atoms with E-state index < -0.39 is 17.3 Å². The lowest BCUT2D eigenvalue weighted by Crippen LogP contribution is -2.53. The maximum atomic E-state index is 13.9. The third-order valence-corrected chi connectivity index (χ3v) is 8.15. The summed E-state index contributed by atoms with van der Waals surface area (Å²) in [5.74, 6) is -2.49. The lowest BCUT2D eigenvalue weighted by molar-refractivity contribution is -0.154. The fourth-order valence-electron chi connectivity index (χ4n) is 5.37. The van der Waals surface area contributed by atoms with Gasteiger partial charge >= 0.3 is 5.97 Å². The summed E-state index contributed by atoms with van der Waals surface area (Å²) in [5.41, 5.74) is 6.77. The number of carboxylic acids is 1. The summed E-state index contributed by atoms with van der Waals surface area (Å²) in [7, 11) is 0. The molecule has 1 aliphatic heterocycles. The number of likely N-dealkylation sites (tertiary alicyclic amines) is 1. The number of piperidine rings is 1. The second-order valence-corrected chi connectivity index (χ2v) is 11.0. The van der Waals surface area contributed by atoms with E-state index in [1.807, 2.05) is 37.3 Å². The van der Waals surface area contributed by atoms with Crippen molar-refractivity contribution >= 4 is 41.0 Å². The van der Waals surface area contributed by atoms with Crippen LogP contribution in [-0.4, -0.2) is 47.0 Å².